The monoisotopic (exact) mass is 285 g/mol. The first-order chi connectivity index (χ1) is 7.67. The number of amides is 1. The Bertz CT molecular complexity index is 355. The minimum Gasteiger partial charge on any atom is -0.497 e. The van der Waals surface area contributed by atoms with Gasteiger partial charge in [0, 0.05) is 11.8 Å². The van der Waals surface area contributed by atoms with Gasteiger partial charge in [-0.15, -0.1) is 0 Å². The van der Waals surface area contributed by atoms with Gasteiger partial charge in [-0.2, -0.15) is 0 Å². The summed E-state index contributed by atoms with van der Waals surface area (Å²) in [4.78, 5) is 11.4. The second-order valence-electron chi connectivity index (χ2n) is 3.50. The average molecular weight is 286 g/mol. The minimum atomic E-state index is 0.00153. The van der Waals surface area contributed by atoms with E-state index in [9.17, 15) is 4.79 Å². The van der Waals surface area contributed by atoms with Crippen molar-refractivity contribution in [2.24, 2.45) is 0 Å². The minimum absolute atomic E-state index is 0.00153. The summed E-state index contributed by atoms with van der Waals surface area (Å²) >= 11 is 3.24. The van der Waals surface area contributed by atoms with Crippen LogP contribution in [0.25, 0.3) is 0 Å². The van der Waals surface area contributed by atoms with E-state index < -0.39 is 0 Å². The van der Waals surface area contributed by atoms with Gasteiger partial charge in [-0.05, 0) is 24.6 Å². The van der Waals surface area contributed by atoms with E-state index in [0.29, 0.717) is 11.8 Å². The Morgan fingerprint density at radius 3 is 2.94 bits per heavy atom. The molecule has 0 aromatic heterocycles. The Balaban J connectivity index is 2.64. The summed E-state index contributed by atoms with van der Waals surface area (Å²) < 4.78 is 5.14. The molecular weight excluding hydrogens is 270 g/mol. The van der Waals surface area contributed by atoms with Crippen LogP contribution < -0.4 is 10.1 Å². The predicted molar refractivity (Wildman–Crippen MR) is 68.0 cm³/mol. The van der Waals surface area contributed by atoms with Crippen molar-refractivity contribution in [2.45, 2.75) is 19.4 Å². The summed E-state index contributed by atoms with van der Waals surface area (Å²) in [5, 5.41) is 3.61. The zero-order valence-electron chi connectivity index (χ0n) is 9.50. The molecule has 0 saturated heterocycles. The molecule has 0 heterocycles. The Kier molecular flexibility index (Phi) is 5.32. The van der Waals surface area contributed by atoms with Gasteiger partial charge in [0.15, 0.2) is 0 Å². The molecule has 0 aliphatic heterocycles. The Labute approximate surface area is 104 Å². The van der Waals surface area contributed by atoms with Crippen LogP contribution in [0, 0.1) is 0 Å². The zero-order chi connectivity index (χ0) is 12.0. The van der Waals surface area contributed by atoms with Crippen molar-refractivity contribution < 1.29 is 9.53 Å². The molecule has 1 rings (SSSR count). The molecule has 1 amide bonds. The number of alkyl halides is 1. The molecule has 0 aliphatic carbocycles. The number of hydrogen-bond donors (Lipinski definition) is 1. The number of carbonyl (C=O) groups is 1. The third kappa shape index (κ3) is 3.85. The van der Waals surface area contributed by atoms with Gasteiger partial charge in [0.1, 0.15) is 5.75 Å². The van der Waals surface area contributed by atoms with E-state index in [1.165, 1.54) is 0 Å². The molecule has 4 heteroatoms. The van der Waals surface area contributed by atoms with Gasteiger partial charge in [-0.3, -0.25) is 4.79 Å². The second kappa shape index (κ2) is 6.53. The Hall–Kier alpha value is -1.03. The van der Waals surface area contributed by atoms with Crippen LogP contribution in [0.3, 0.4) is 0 Å². The summed E-state index contributed by atoms with van der Waals surface area (Å²) in [6.45, 7) is 1.96. The van der Waals surface area contributed by atoms with Crippen LogP contribution in [0.2, 0.25) is 0 Å². The van der Waals surface area contributed by atoms with Gasteiger partial charge >= 0.3 is 0 Å². The Morgan fingerprint density at radius 1 is 1.56 bits per heavy atom. The molecule has 1 atom stereocenters. The van der Waals surface area contributed by atoms with Crippen molar-refractivity contribution in [1.29, 1.82) is 0 Å². The molecule has 0 radical (unpaired) electrons. The van der Waals surface area contributed by atoms with Crippen LogP contribution in [0.4, 0.5) is 0 Å². The highest BCUT2D eigenvalue weighted by Crippen LogP contribution is 2.18. The number of ether oxygens (including phenoxy) is 1. The van der Waals surface area contributed by atoms with Gasteiger partial charge in [-0.1, -0.05) is 28.1 Å². The first-order valence-electron chi connectivity index (χ1n) is 5.16. The molecule has 0 fully saturated rings. The molecule has 16 heavy (non-hydrogen) atoms. The fraction of sp³-hybridized carbons (Fsp3) is 0.417. The van der Waals surface area contributed by atoms with Crippen molar-refractivity contribution in [2.75, 3.05) is 12.4 Å². The molecule has 1 aromatic carbocycles. The average Bonchev–Trinajstić information content (AvgIpc) is 2.29. The highest BCUT2D eigenvalue weighted by molar-refractivity contribution is 9.09. The number of hydrogen-bond acceptors (Lipinski definition) is 2. The highest BCUT2D eigenvalue weighted by Gasteiger charge is 2.09. The first-order valence-corrected chi connectivity index (χ1v) is 6.28. The lowest BCUT2D eigenvalue weighted by atomic mass is 10.1. The number of rotatable bonds is 5. The SMILES string of the molecule is COc1cccc(C(C)NC(=O)CCBr)c1. The zero-order valence-corrected chi connectivity index (χ0v) is 11.1. The summed E-state index contributed by atoms with van der Waals surface area (Å²) in [7, 11) is 1.63. The molecular formula is C12H16BrNO2. The summed E-state index contributed by atoms with van der Waals surface area (Å²) in [5.74, 6) is 0.853. The van der Waals surface area contributed by atoms with Crippen LogP contribution >= 0.6 is 15.9 Å². The normalized spacial score (nSPS) is 11.9. The van der Waals surface area contributed by atoms with Crippen molar-refractivity contribution in [1.82, 2.24) is 5.32 Å². The molecule has 0 bridgehead atoms. The molecule has 3 nitrogen and oxygen atoms in total. The quantitative estimate of drug-likeness (QED) is 0.845. The van der Waals surface area contributed by atoms with Crippen molar-refractivity contribution in [3.8, 4) is 5.75 Å². The summed E-state index contributed by atoms with van der Waals surface area (Å²) in [6.07, 6.45) is 0.494. The van der Waals surface area contributed by atoms with E-state index in [4.69, 9.17) is 4.74 Å². The highest BCUT2D eigenvalue weighted by atomic mass is 79.9. The van der Waals surface area contributed by atoms with E-state index in [0.717, 1.165) is 11.3 Å². The van der Waals surface area contributed by atoms with E-state index in [-0.39, 0.29) is 11.9 Å². The maximum absolute atomic E-state index is 11.4. The fourth-order valence-corrected chi connectivity index (χ4v) is 1.75. The number of halogens is 1. The summed E-state index contributed by atoms with van der Waals surface area (Å²) in [6, 6.07) is 7.71. The lowest BCUT2D eigenvalue weighted by Crippen LogP contribution is -2.26. The van der Waals surface area contributed by atoms with Gasteiger partial charge in [0.2, 0.25) is 5.91 Å². The van der Waals surface area contributed by atoms with Crippen molar-refractivity contribution in [3.05, 3.63) is 29.8 Å². The molecule has 88 valence electrons. The van der Waals surface area contributed by atoms with Crippen LogP contribution in [0.1, 0.15) is 24.9 Å². The van der Waals surface area contributed by atoms with Crippen LogP contribution in [0.5, 0.6) is 5.75 Å². The topological polar surface area (TPSA) is 38.3 Å². The molecule has 1 N–H and O–H groups in total. The Morgan fingerprint density at radius 2 is 2.31 bits per heavy atom. The predicted octanol–water partition coefficient (Wildman–Crippen LogP) is 2.66. The third-order valence-corrected chi connectivity index (χ3v) is 2.69. The van der Waals surface area contributed by atoms with Gasteiger partial charge in [0.05, 0.1) is 13.2 Å². The molecule has 0 spiro atoms. The van der Waals surface area contributed by atoms with E-state index in [1.54, 1.807) is 7.11 Å². The molecule has 0 saturated carbocycles. The third-order valence-electron chi connectivity index (χ3n) is 2.29. The van der Waals surface area contributed by atoms with Gasteiger partial charge < -0.3 is 10.1 Å². The number of carbonyl (C=O) groups excluding carboxylic acids is 1. The first kappa shape index (κ1) is 13.0. The molecule has 0 aliphatic rings. The lowest BCUT2D eigenvalue weighted by Gasteiger charge is -2.14. The molecule has 1 unspecified atom stereocenters. The van der Waals surface area contributed by atoms with E-state index in [2.05, 4.69) is 21.2 Å². The van der Waals surface area contributed by atoms with Crippen molar-refractivity contribution in [3.63, 3.8) is 0 Å². The van der Waals surface area contributed by atoms with Gasteiger partial charge in [0.25, 0.3) is 0 Å². The lowest BCUT2D eigenvalue weighted by molar-refractivity contribution is -0.121. The van der Waals surface area contributed by atoms with Crippen LogP contribution in [-0.4, -0.2) is 18.3 Å². The number of methoxy groups -OCH3 is 1. The second-order valence-corrected chi connectivity index (χ2v) is 4.30. The van der Waals surface area contributed by atoms with E-state index >= 15 is 0 Å². The van der Waals surface area contributed by atoms with E-state index in [1.807, 2.05) is 31.2 Å². The smallest absolute Gasteiger partial charge is 0.221 e. The number of nitrogens with one attached hydrogen (secondary N) is 1. The maximum atomic E-state index is 11.4. The largest absolute Gasteiger partial charge is 0.497 e. The number of benzene rings is 1. The maximum Gasteiger partial charge on any atom is 0.221 e. The summed E-state index contributed by atoms with van der Waals surface area (Å²) in [5.41, 5.74) is 1.04. The van der Waals surface area contributed by atoms with Crippen LogP contribution in [0.15, 0.2) is 24.3 Å². The van der Waals surface area contributed by atoms with Crippen molar-refractivity contribution >= 4 is 21.8 Å². The van der Waals surface area contributed by atoms with Crippen LogP contribution in [-0.2, 0) is 4.79 Å². The standard InChI is InChI=1S/C12H16BrNO2/c1-9(14-12(15)6-7-13)10-4-3-5-11(8-10)16-2/h3-5,8-9H,6-7H2,1-2H3,(H,14,15). The van der Waals surface area contributed by atoms with Gasteiger partial charge in [-0.25, -0.2) is 0 Å². The fourth-order valence-electron chi connectivity index (χ4n) is 1.39. The molecule has 1 aromatic rings.